The van der Waals surface area contributed by atoms with Crippen LogP contribution < -0.4 is 4.74 Å². The molecule has 0 amide bonds. The number of pyridine rings is 2. The van der Waals surface area contributed by atoms with Gasteiger partial charge in [0, 0.05) is 49.2 Å². The lowest BCUT2D eigenvalue weighted by Gasteiger charge is -2.33. The first-order valence-electron chi connectivity index (χ1n) is 12.2. The van der Waals surface area contributed by atoms with E-state index in [4.69, 9.17) is 14.5 Å². The number of aryl methyl sites for hydroxylation is 2. The third-order valence-corrected chi connectivity index (χ3v) is 7.27. The molecule has 0 spiro atoms. The summed E-state index contributed by atoms with van der Waals surface area (Å²) in [5.41, 5.74) is 4.86. The molecular formula is C27H26F2N6O2. The Bertz CT molecular complexity index is 1600. The van der Waals surface area contributed by atoms with Crippen LogP contribution in [0.2, 0.25) is 0 Å². The van der Waals surface area contributed by atoms with Crippen molar-refractivity contribution >= 4 is 21.9 Å². The van der Waals surface area contributed by atoms with Crippen LogP contribution in [0.1, 0.15) is 30.1 Å². The van der Waals surface area contributed by atoms with Gasteiger partial charge in [-0.05, 0) is 43.9 Å². The minimum absolute atomic E-state index is 0.0162. The van der Waals surface area contributed by atoms with Gasteiger partial charge >= 0.3 is 0 Å². The molecule has 0 N–H and O–H groups in total. The van der Waals surface area contributed by atoms with Crippen molar-refractivity contribution in [1.82, 2.24) is 29.5 Å². The molecule has 0 aliphatic carbocycles. The van der Waals surface area contributed by atoms with E-state index in [1.165, 1.54) is 0 Å². The van der Waals surface area contributed by atoms with E-state index in [0.29, 0.717) is 37.5 Å². The molecule has 10 heteroatoms. The van der Waals surface area contributed by atoms with Gasteiger partial charge in [0.1, 0.15) is 5.52 Å². The molecule has 5 heterocycles. The zero-order valence-corrected chi connectivity index (χ0v) is 20.8. The van der Waals surface area contributed by atoms with Gasteiger partial charge in [-0.3, -0.25) is 4.98 Å². The highest BCUT2D eigenvalue weighted by atomic mass is 19.2. The Morgan fingerprint density at radius 3 is 2.68 bits per heavy atom. The van der Waals surface area contributed by atoms with E-state index in [1.54, 1.807) is 36.3 Å². The first-order valence-corrected chi connectivity index (χ1v) is 12.2. The van der Waals surface area contributed by atoms with Crippen molar-refractivity contribution in [2.24, 2.45) is 13.0 Å². The average molecular weight is 505 g/mol. The molecule has 5 aromatic rings. The normalized spacial score (nSPS) is 15.5. The summed E-state index contributed by atoms with van der Waals surface area (Å²) < 4.78 is 45.1. The Morgan fingerprint density at radius 2 is 1.95 bits per heavy atom. The van der Waals surface area contributed by atoms with Crippen LogP contribution in [-0.4, -0.2) is 49.9 Å². The summed E-state index contributed by atoms with van der Waals surface area (Å²) in [6.45, 7) is 2.99. The average Bonchev–Trinajstić information content (AvgIpc) is 3.43. The number of aromatic nitrogens is 6. The third-order valence-electron chi connectivity index (χ3n) is 7.27. The summed E-state index contributed by atoms with van der Waals surface area (Å²) in [4.78, 5) is 9.29. The summed E-state index contributed by atoms with van der Waals surface area (Å²) in [5, 5.41) is 9.15. The van der Waals surface area contributed by atoms with Crippen LogP contribution in [0.4, 0.5) is 8.78 Å². The fourth-order valence-corrected chi connectivity index (χ4v) is 5.63. The number of hydrogen-bond acceptors (Lipinski definition) is 6. The Morgan fingerprint density at radius 1 is 1.14 bits per heavy atom. The molecule has 6 rings (SSSR count). The van der Waals surface area contributed by atoms with E-state index in [0.717, 1.165) is 39.4 Å². The van der Waals surface area contributed by atoms with Gasteiger partial charge in [0.05, 0.1) is 35.6 Å². The Labute approximate surface area is 211 Å². The van der Waals surface area contributed by atoms with E-state index in [1.807, 2.05) is 30.7 Å². The molecule has 1 atom stereocenters. The van der Waals surface area contributed by atoms with Crippen LogP contribution in [-0.2, 0) is 11.8 Å². The lowest BCUT2D eigenvalue weighted by atomic mass is 9.86. The van der Waals surface area contributed by atoms with Gasteiger partial charge in [0.15, 0.2) is 11.6 Å². The second-order valence-electron chi connectivity index (χ2n) is 9.36. The number of rotatable bonds is 5. The van der Waals surface area contributed by atoms with Gasteiger partial charge in [0.2, 0.25) is 5.88 Å². The molecule has 1 aliphatic rings. The second-order valence-corrected chi connectivity index (χ2v) is 9.36. The van der Waals surface area contributed by atoms with Crippen molar-refractivity contribution in [1.29, 1.82) is 0 Å². The number of nitrogens with zero attached hydrogens (tertiary/aromatic N) is 6. The standard InChI is InChI=1S/C27H26F2N6O2/c1-15-24(34(2)33-32-15)17-13-21-23(31-14-17)19-7-10-30-27(36-3)26(19)35(21)25(16-8-11-37-12-9-16)18-5-4-6-20(28)22(18)29/h4-7,10,13-14,16,25H,8-9,11-12H2,1-3H3. The second kappa shape index (κ2) is 9.19. The molecule has 0 bridgehead atoms. The molecule has 8 nitrogen and oxygen atoms in total. The van der Waals surface area contributed by atoms with Crippen molar-refractivity contribution < 1.29 is 18.3 Å². The maximum Gasteiger partial charge on any atom is 0.238 e. The molecular weight excluding hydrogens is 478 g/mol. The van der Waals surface area contributed by atoms with Crippen LogP contribution >= 0.6 is 0 Å². The molecule has 37 heavy (non-hydrogen) atoms. The van der Waals surface area contributed by atoms with Crippen LogP contribution in [0, 0.1) is 24.5 Å². The Hall–Kier alpha value is -3.92. The molecule has 0 saturated carbocycles. The maximum absolute atomic E-state index is 15.5. The smallest absolute Gasteiger partial charge is 0.238 e. The summed E-state index contributed by atoms with van der Waals surface area (Å²) in [5.74, 6) is -1.36. The van der Waals surface area contributed by atoms with Gasteiger partial charge in [-0.1, -0.05) is 17.3 Å². The van der Waals surface area contributed by atoms with E-state index >= 15 is 4.39 Å². The first-order chi connectivity index (χ1) is 18.0. The largest absolute Gasteiger partial charge is 0.479 e. The van der Waals surface area contributed by atoms with E-state index in [2.05, 4.69) is 15.3 Å². The fraction of sp³-hybridized carbons (Fsp3) is 0.333. The van der Waals surface area contributed by atoms with Gasteiger partial charge in [0.25, 0.3) is 0 Å². The number of ether oxygens (including phenoxy) is 2. The predicted molar refractivity (Wildman–Crippen MR) is 134 cm³/mol. The number of methoxy groups -OCH3 is 1. The van der Waals surface area contributed by atoms with Crippen LogP contribution in [0.15, 0.2) is 42.7 Å². The highest BCUT2D eigenvalue weighted by Crippen LogP contribution is 2.43. The predicted octanol–water partition coefficient (Wildman–Crippen LogP) is 4.99. The number of fused-ring (bicyclic) bond motifs is 3. The zero-order chi connectivity index (χ0) is 25.7. The highest BCUT2D eigenvalue weighted by Gasteiger charge is 2.34. The molecule has 190 valence electrons. The van der Waals surface area contributed by atoms with E-state index < -0.39 is 17.7 Å². The summed E-state index contributed by atoms with van der Waals surface area (Å²) in [6, 6.07) is 7.70. The van der Waals surface area contributed by atoms with Gasteiger partial charge in [-0.2, -0.15) is 0 Å². The quantitative estimate of drug-likeness (QED) is 0.336. The molecule has 4 aromatic heterocycles. The highest BCUT2D eigenvalue weighted by molar-refractivity contribution is 6.08. The Kier molecular flexibility index (Phi) is 5.83. The number of benzene rings is 1. The van der Waals surface area contributed by atoms with Crippen LogP contribution in [0.3, 0.4) is 0 Å². The lowest BCUT2D eigenvalue weighted by molar-refractivity contribution is 0.0547. The SMILES string of the molecule is COc1nccc2c3ncc(-c4c(C)nnn4C)cc3n(C(c3cccc(F)c3F)C3CCOCC3)c12. The number of halogens is 2. The van der Waals surface area contributed by atoms with Crippen molar-refractivity contribution in [3.63, 3.8) is 0 Å². The molecule has 1 saturated heterocycles. The van der Waals surface area contributed by atoms with E-state index in [9.17, 15) is 4.39 Å². The lowest BCUT2D eigenvalue weighted by Crippen LogP contribution is -2.28. The monoisotopic (exact) mass is 504 g/mol. The van der Waals surface area contributed by atoms with Crippen molar-refractivity contribution in [2.75, 3.05) is 20.3 Å². The molecule has 1 fully saturated rings. The summed E-state index contributed by atoms with van der Waals surface area (Å²) >= 11 is 0. The molecule has 1 aromatic carbocycles. The number of hydrogen-bond donors (Lipinski definition) is 0. The topological polar surface area (TPSA) is 79.9 Å². The summed E-state index contributed by atoms with van der Waals surface area (Å²) in [6.07, 6.45) is 4.85. The van der Waals surface area contributed by atoms with Gasteiger partial charge < -0.3 is 14.0 Å². The minimum atomic E-state index is -0.879. The van der Waals surface area contributed by atoms with E-state index in [-0.39, 0.29) is 11.5 Å². The molecule has 1 unspecified atom stereocenters. The van der Waals surface area contributed by atoms with Crippen molar-refractivity contribution in [3.05, 3.63) is 65.6 Å². The first kappa shape index (κ1) is 23.5. The van der Waals surface area contributed by atoms with Crippen LogP contribution in [0.5, 0.6) is 5.88 Å². The third kappa shape index (κ3) is 3.74. The van der Waals surface area contributed by atoms with Gasteiger partial charge in [-0.15, -0.1) is 5.10 Å². The van der Waals surface area contributed by atoms with Crippen molar-refractivity contribution in [3.8, 4) is 17.1 Å². The van der Waals surface area contributed by atoms with Crippen LogP contribution in [0.25, 0.3) is 33.2 Å². The van der Waals surface area contributed by atoms with Gasteiger partial charge in [-0.25, -0.2) is 18.4 Å². The fourth-order valence-electron chi connectivity index (χ4n) is 5.63. The summed E-state index contributed by atoms with van der Waals surface area (Å²) in [7, 11) is 3.38. The molecule has 1 aliphatic heterocycles. The zero-order valence-electron chi connectivity index (χ0n) is 20.8. The Balaban J connectivity index is 1.72. The maximum atomic E-state index is 15.5. The minimum Gasteiger partial charge on any atom is -0.479 e. The molecule has 0 radical (unpaired) electrons. The van der Waals surface area contributed by atoms with Crippen molar-refractivity contribution in [2.45, 2.75) is 25.8 Å².